The summed E-state index contributed by atoms with van der Waals surface area (Å²) in [5.74, 6) is -1.16. The van der Waals surface area contributed by atoms with Gasteiger partial charge in [-0.15, -0.1) is 0 Å². The molecule has 0 amide bonds. The molecule has 0 aliphatic rings. The molecule has 4 rings (SSSR count). The molecule has 39 heavy (non-hydrogen) atoms. The number of alkyl halides is 3. The van der Waals surface area contributed by atoms with Crippen LogP contribution < -0.4 is 0 Å². The van der Waals surface area contributed by atoms with Crippen molar-refractivity contribution in [1.82, 2.24) is 3.97 Å². The molecule has 0 saturated heterocycles. The van der Waals surface area contributed by atoms with Crippen LogP contribution in [0.2, 0.25) is 0 Å². The van der Waals surface area contributed by atoms with Gasteiger partial charge in [-0.3, -0.25) is 0 Å². The van der Waals surface area contributed by atoms with Gasteiger partial charge in [-0.2, -0.15) is 13.2 Å². The number of benzene rings is 3. The van der Waals surface area contributed by atoms with Gasteiger partial charge in [0.1, 0.15) is 0 Å². The van der Waals surface area contributed by atoms with Crippen molar-refractivity contribution in [3.05, 3.63) is 112 Å². The van der Waals surface area contributed by atoms with E-state index in [0.717, 1.165) is 32.8 Å². The van der Waals surface area contributed by atoms with Crippen molar-refractivity contribution in [3.8, 4) is 0 Å². The van der Waals surface area contributed by atoms with Gasteiger partial charge in [0.25, 0.3) is 0 Å². The molecule has 0 unspecified atom stereocenters. The van der Waals surface area contributed by atoms with Gasteiger partial charge in [-0.05, 0) is 71.5 Å². The third-order valence-electron chi connectivity index (χ3n) is 6.60. The topological polar surface area (TPSA) is 76.4 Å². The van der Waals surface area contributed by atoms with Crippen molar-refractivity contribution in [3.63, 3.8) is 0 Å². The van der Waals surface area contributed by atoms with Crippen molar-refractivity contribution < 1.29 is 31.5 Å². The van der Waals surface area contributed by atoms with Crippen LogP contribution >= 0.6 is 0 Å². The van der Waals surface area contributed by atoms with Gasteiger partial charge in [0, 0.05) is 17.5 Å². The zero-order valence-corrected chi connectivity index (χ0v) is 22.5. The zero-order chi connectivity index (χ0) is 28.5. The Bertz CT molecular complexity index is 1670. The number of aromatic nitrogens is 1. The summed E-state index contributed by atoms with van der Waals surface area (Å²) in [6.07, 6.45) is -1.21. The predicted octanol–water partition coefficient (Wildman–Crippen LogP) is 7.27. The van der Waals surface area contributed by atoms with E-state index in [-0.39, 0.29) is 34.3 Å². The lowest BCUT2D eigenvalue weighted by molar-refractivity contribution is -0.137. The number of rotatable bonds is 8. The maximum Gasteiger partial charge on any atom is 0.416 e. The summed E-state index contributed by atoms with van der Waals surface area (Å²) >= 11 is 0. The smallest absolute Gasteiger partial charge is 0.416 e. The molecule has 9 heteroatoms. The summed E-state index contributed by atoms with van der Waals surface area (Å²) in [6, 6.07) is 16.4. The van der Waals surface area contributed by atoms with Gasteiger partial charge < -0.3 is 5.11 Å². The molecule has 0 saturated carbocycles. The maximum absolute atomic E-state index is 13.6. The first kappa shape index (κ1) is 28.2. The first-order valence-corrected chi connectivity index (χ1v) is 13.9. The number of aromatic carboxylic acids is 1. The summed E-state index contributed by atoms with van der Waals surface area (Å²) in [4.78, 5) is 11.2. The highest BCUT2D eigenvalue weighted by Gasteiger charge is 2.31. The van der Waals surface area contributed by atoms with Crippen molar-refractivity contribution >= 4 is 33.0 Å². The highest BCUT2D eigenvalue weighted by molar-refractivity contribution is 7.90. The molecular weight excluding hydrogens is 527 g/mol. The van der Waals surface area contributed by atoms with Crippen LogP contribution in [0.5, 0.6) is 0 Å². The lowest BCUT2D eigenvalue weighted by atomic mass is 9.98. The van der Waals surface area contributed by atoms with Gasteiger partial charge >= 0.3 is 12.1 Å². The first-order chi connectivity index (χ1) is 18.3. The monoisotopic (exact) mass is 555 g/mol. The summed E-state index contributed by atoms with van der Waals surface area (Å²) in [7, 11) is -4.02. The molecule has 3 aromatic carbocycles. The fraction of sp³-hybridized carbons (Fsp3) is 0.233. The molecule has 0 radical (unpaired) electrons. The van der Waals surface area contributed by atoms with Gasteiger partial charge in [-0.1, -0.05) is 56.3 Å². The average molecular weight is 556 g/mol. The molecule has 0 aliphatic heterocycles. The van der Waals surface area contributed by atoms with Crippen molar-refractivity contribution in [2.24, 2.45) is 0 Å². The Morgan fingerprint density at radius 3 is 2.31 bits per heavy atom. The van der Waals surface area contributed by atoms with Gasteiger partial charge in [0.15, 0.2) is 0 Å². The second-order valence-corrected chi connectivity index (χ2v) is 11.7. The molecule has 0 bridgehead atoms. The average Bonchev–Trinajstić information content (AvgIpc) is 3.22. The van der Waals surface area contributed by atoms with Crippen LogP contribution in [0.4, 0.5) is 13.2 Å². The molecule has 5 nitrogen and oxygen atoms in total. The minimum absolute atomic E-state index is 0.0729. The van der Waals surface area contributed by atoms with E-state index in [9.17, 15) is 26.4 Å². The van der Waals surface area contributed by atoms with Gasteiger partial charge in [0.2, 0.25) is 10.0 Å². The Morgan fingerprint density at radius 2 is 1.69 bits per heavy atom. The number of carboxylic acid groups (broad SMARTS) is 1. The molecular formula is C30H28F3NO4S. The molecule has 204 valence electrons. The highest BCUT2D eigenvalue weighted by Crippen LogP contribution is 2.33. The quantitative estimate of drug-likeness (QED) is 0.248. The minimum atomic E-state index is -4.58. The lowest BCUT2D eigenvalue weighted by Gasteiger charge is -2.12. The number of hydrogen-bond acceptors (Lipinski definition) is 3. The number of fused-ring (bicyclic) bond motifs is 1. The van der Waals surface area contributed by atoms with E-state index in [4.69, 9.17) is 5.11 Å². The van der Waals surface area contributed by atoms with Crippen molar-refractivity contribution in [1.29, 1.82) is 0 Å². The Hall–Kier alpha value is -3.85. The number of aryl methyl sites for hydroxylation is 1. The van der Waals surface area contributed by atoms with Gasteiger partial charge in [-0.25, -0.2) is 17.2 Å². The standard InChI is InChI=1S/C30H28F3NO4S/c1-19(2)23-9-6-20(3)24(16-23)5-4-14-39(37,38)34-27(15-21-7-10-22(11-8-21)29(35)36)18-25-17-26(30(31,32)33)12-13-28(25)34/h4-13,16-19H,14-15H2,1-3H3,(H,35,36). The summed E-state index contributed by atoms with van der Waals surface area (Å²) in [6.45, 7) is 6.07. The van der Waals surface area contributed by atoms with Crippen LogP contribution in [0.3, 0.4) is 0 Å². The zero-order valence-electron chi connectivity index (χ0n) is 21.7. The van der Waals surface area contributed by atoms with E-state index in [0.29, 0.717) is 11.5 Å². The van der Waals surface area contributed by atoms with Crippen LogP contribution in [0, 0.1) is 6.92 Å². The molecule has 0 fully saturated rings. The largest absolute Gasteiger partial charge is 0.478 e. The van der Waals surface area contributed by atoms with Gasteiger partial charge in [0.05, 0.1) is 22.4 Å². The van der Waals surface area contributed by atoms with Crippen LogP contribution in [-0.4, -0.2) is 29.2 Å². The van der Waals surface area contributed by atoms with Crippen molar-refractivity contribution in [2.45, 2.75) is 39.3 Å². The second-order valence-electron chi connectivity index (χ2n) is 9.80. The molecule has 1 heterocycles. The van der Waals surface area contributed by atoms with Crippen molar-refractivity contribution in [2.75, 3.05) is 5.75 Å². The number of nitrogens with zero attached hydrogens (tertiary/aromatic N) is 1. The Morgan fingerprint density at radius 1 is 1.00 bits per heavy atom. The third-order valence-corrected chi connectivity index (χ3v) is 8.20. The molecule has 4 aromatic rings. The van der Waals surface area contributed by atoms with E-state index < -0.39 is 27.7 Å². The Kier molecular flexibility index (Phi) is 7.75. The summed E-state index contributed by atoms with van der Waals surface area (Å²) in [5.41, 5.74) is 3.24. The van der Waals surface area contributed by atoms with Crippen LogP contribution in [0.15, 0.2) is 72.8 Å². The van der Waals surface area contributed by atoms with E-state index >= 15 is 0 Å². The minimum Gasteiger partial charge on any atom is -0.478 e. The summed E-state index contributed by atoms with van der Waals surface area (Å²) < 4.78 is 68.4. The van der Waals surface area contributed by atoms with E-state index in [1.54, 1.807) is 24.3 Å². The number of carboxylic acids is 1. The Balaban J connectivity index is 1.75. The van der Waals surface area contributed by atoms with E-state index in [1.165, 1.54) is 24.3 Å². The summed E-state index contributed by atoms with van der Waals surface area (Å²) in [5, 5.41) is 9.29. The number of halogens is 3. The van der Waals surface area contributed by atoms with Crippen LogP contribution in [0.1, 0.15) is 63.6 Å². The molecule has 1 aromatic heterocycles. The lowest BCUT2D eigenvalue weighted by Crippen LogP contribution is -2.18. The Labute approximate surface area is 225 Å². The third kappa shape index (κ3) is 6.25. The molecule has 1 N–H and O–H groups in total. The van der Waals surface area contributed by atoms with E-state index in [1.807, 2.05) is 25.1 Å². The fourth-order valence-corrected chi connectivity index (χ4v) is 5.85. The van der Waals surface area contributed by atoms with Crippen LogP contribution in [0.25, 0.3) is 17.0 Å². The van der Waals surface area contributed by atoms with E-state index in [2.05, 4.69) is 13.8 Å². The predicted molar refractivity (Wildman–Crippen MR) is 147 cm³/mol. The molecule has 0 spiro atoms. The molecule has 0 aliphatic carbocycles. The maximum atomic E-state index is 13.6. The second kappa shape index (κ2) is 10.7. The van der Waals surface area contributed by atoms with Crippen LogP contribution in [-0.2, 0) is 22.6 Å². The number of carbonyl (C=O) groups is 1. The number of hydrogen-bond donors (Lipinski definition) is 1. The highest BCUT2D eigenvalue weighted by atomic mass is 32.2. The fourth-order valence-electron chi connectivity index (χ4n) is 4.42. The SMILES string of the molecule is Cc1ccc(C(C)C)cc1C=CCS(=O)(=O)n1c(Cc2ccc(C(=O)O)cc2)cc2cc(C(F)(F)F)ccc21. The first-order valence-electron chi connectivity index (χ1n) is 12.3. The molecule has 0 atom stereocenters. The normalized spacial score (nSPS) is 12.6.